The monoisotopic (exact) mass is 454 g/mol. The van der Waals surface area contributed by atoms with Crippen molar-refractivity contribution in [1.29, 1.82) is 0 Å². The minimum atomic E-state index is -0.901. The lowest BCUT2D eigenvalue weighted by Gasteiger charge is -2.10. The number of fused-ring (bicyclic) bond motifs is 1. The van der Waals surface area contributed by atoms with E-state index in [4.69, 9.17) is 4.74 Å². The molecule has 2 aromatic carbocycles. The number of carbonyl (C=O) groups is 1. The number of aryl methyl sites for hydroxylation is 1. The lowest BCUT2D eigenvalue weighted by Crippen LogP contribution is -2.07. The summed E-state index contributed by atoms with van der Waals surface area (Å²) in [5.41, 5.74) is 6.86. The fraction of sp³-hybridized carbons (Fsp3) is 0.310. The molecule has 1 fully saturated rings. The van der Waals surface area contributed by atoms with E-state index in [2.05, 4.69) is 64.3 Å². The Kier molecular flexibility index (Phi) is 6.45. The Labute approximate surface area is 200 Å². The average Bonchev–Trinajstić information content (AvgIpc) is 3.62. The van der Waals surface area contributed by atoms with Gasteiger partial charge in [-0.1, -0.05) is 30.3 Å². The summed E-state index contributed by atoms with van der Waals surface area (Å²) in [6.07, 6.45) is 8.80. The summed E-state index contributed by atoms with van der Waals surface area (Å²) in [6.45, 7) is 1.59. The van der Waals surface area contributed by atoms with E-state index in [0.29, 0.717) is 23.6 Å². The van der Waals surface area contributed by atoms with Gasteiger partial charge in [0.25, 0.3) is 0 Å². The van der Waals surface area contributed by atoms with E-state index < -0.39 is 5.97 Å². The molecule has 0 radical (unpaired) electrons. The van der Waals surface area contributed by atoms with Gasteiger partial charge in [0.15, 0.2) is 0 Å². The van der Waals surface area contributed by atoms with Crippen molar-refractivity contribution in [3.05, 3.63) is 101 Å². The topological polar surface area (TPSA) is 64.4 Å². The first-order chi connectivity index (χ1) is 16.6. The lowest BCUT2D eigenvalue weighted by molar-refractivity contribution is 0.0695. The highest BCUT2D eigenvalue weighted by molar-refractivity contribution is 5.89. The largest absolute Gasteiger partial charge is 0.478 e. The normalized spacial score (nSPS) is 13.4. The van der Waals surface area contributed by atoms with Gasteiger partial charge in [0.1, 0.15) is 0 Å². The molecule has 0 saturated heterocycles. The highest BCUT2D eigenvalue weighted by Gasteiger charge is 2.25. The molecule has 0 unspecified atom stereocenters. The molecule has 1 N–H and O–H groups in total. The first kappa shape index (κ1) is 22.4. The molecule has 5 nitrogen and oxygen atoms in total. The molecule has 1 aliphatic carbocycles. The summed E-state index contributed by atoms with van der Waals surface area (Å²) >= 11 is 0. The third kappa shape index (κ3) is 5.05. The van der Waals surface area contributed by atoms with Gasteiger partial charge in [0.05, 0.1) is 11.3 Å². The van der Waals surface area contributed by atoms with Crippen molar-refractivity contribution in [2.24, 2.45) is 0 Å². The number of nitrogens with zero attached hydrogens (tertiary/aromatic N) is 2. The number of pyridine rings is 1. The second-order valence-electron chi connectivity index (χ2n) is 9.27. The Morgan fingerprint density at radius 3 is 2.74 bits per heavy atom. The molecule has 0 aliphatic heterocycles. The van der Waals surface area contributed by atoms with E-state index in [-0.39, 0.29) is 0 Å². The van der Waals surface area contributed by atoms with Crippen LogP contribution in [0.5, 0.6) is 0 Å². The maximum Gasteiger partial charge on any atom is 0.337 e. The molecule has 0 amide bonds. The average molecular weight is 455 g/mol. The van der Waals surface area contributed by atoms with Crippen molar-refractivity contribution in [3.63, 3.8) is 0 Å². The van der Waals surface area contributed by atoms with Crippen molar-refractivity contribution in [1.82, 2.24) is 9.55 Å². The van der Waals surface area contributed by atoms with Gasteiger partial charge in [-0.25, -0.2) is 4.79 Å². The van der Waals surface area contributed by atoms with Crippen LogP contribution >= 0.6 is 0 Å². The maximum atomic E-state index is 11.8. The number of aromatic nitrogens is 2. The van der Waals surface area contributed by atoms with E-state index in [1.165, 1.54) is 16.6 Å². The van der Waals surface area contributed by atoms with Crippen LogP contribution in [0.2, 0.25) is 0 Å². The second-order valence-corrected chi connectivity index (χ2v) is 9.27. The molecular weight excluding hydrogens is 424 g/mol. The zero-order chi connectivity index (χ0) is 23.5. The van der Waals surface area contributed by atoms with Crippen molar-refractivity contribution in [2.75, 3.05) is 13.7 Å². The second kappa shape index (κ2) is 9.82. The molecule has 0 bridgehead atoms. The SMILES string of the molecule is COCCCc1cccc(Cn2ccc3cc(Cc4ncc(C5CC5)cc4C(=O)O)ccc32)c1. The van der Waals surface area contributed by atoms with Gasteiger partial charge in [-0.15, -0.1) is 0 Å². The van der Waals surface area contributed by atoms with Crippen LogP contribution in [0.4, 0.5) is 0 Å². The van der Waals surface area contributed by atoms with Crippen molar-refractivity contribution in [3.8, 4) is 0 Å². The minimum Gasteiger partial charge on any atom is -0.478 e. The summed E-state index contributed by atoms with van der Waals surface area (Å²) < 4.78 is 7.44. The predicted octanol–water partition coefficient (Wildman–Crippen LogP) is 5.83. The van der Waals surface area contributed by atoms with Crippen LogP contribution in [0.15, 0.2) is 67.0 Å². The van der Waals surface area contributed by atoms with Crippen molar-refractivity contribution in [2.45, 2.75) is 44.6 Å². The van der Waals surface area contributed by atoms with Gasteiger partial charge >= 0.3 is 5.97 Å². The molecule has 2 aromatic heterocycles. The fourth-order valence-corrected chi connectivity index (χ4v) is 4.67. The third-order valence-electron chi connectivity index (χ3n) is 6.64. The van der Waals surface area contributed by atoms with E-state index in [1.54, 1.807) is 7.11 Å². The van der Waals surface area contributed by atoms with Crippen LogP contribution in [-0.2, 0) is 24.1 Å². The molecule has 5 rings (SSSR count). The van der Waals surface area contributed by atoms with Crippen LogP contribution in [0.25, 0.3) is 10.9 Å². The Balaban J connectivity index is 1.33. The van der Waals surface area contributed by atoms with Gasteiger partial charge in [-0.2, -0.15) is 0 Å². The van der Waals surface area contributed by atoms with Crippen LogP contribution in [0.3, 0.4) is 0 Å². The Bertz CT molecular complexity index is 1320. The molecule has 34 heavy (non-hydrogen) atoms. The van der Waals surface area contributed by atoms with Gasteiger partial charge in [-0.05, 0) is 83.5 Å². The molecule has 1 saturated carbocycles. The molecule has 2 heterocycles. The predicted molar refractivity (Wildman–Crippen MR) is 134 cm³/mol. The Morgan fingerprint density at radius 2 is 1.94 bits per heavy atom. The minimum absolute atomic E-state index is 0.326. The first-order valence-electron chi connectivity index (χ1n) is 12.0. The van der Waals surface area contributed by atoms with Crippen LogP contribution in [0, 0.1) is 0 Å². The van der Waals surface area contributed by atoms with Crippen LogP contribution in [0.1, 0.15) is 63.5 Å². The first-order valence-corrected chi connectivity index (χ1v) is 12.0. The molecular formula is C29H30N2O3. The maximum absolute atomic E-state index is 11.8. The van der Waals surface area contributed by atoms with Crippen molar-refractivity contribution >= 4 is 16.9 Å². The van der Waals surface area contributed by atoms with E-state index in [9.17, 15) is 9.90 Å². The van der Waals surface area contributed by atoms with E-state index in [0.717, 1.165) is 55.3 Å². The summed E-state index contributed by atoms with van der Waals surface area (Å²) in [7, 11) is 1.74. The number of benzene rings is 2. The fourth-order valence-electron chi connectivity index (χ4n) is 4.67. The summed E-state index contributed by atoms with van der Waals surface area (Å²) in [6, 6.07) is 19.1. The molecule has 5 heteroatoms. The highest BCUT2D eigenvalue weighted by atomic mass is 16.5. The number of carboxylic acids is 1. The van der Waals surface area contributed by atoms with Crippen LogP contribution in [-0.4, -0.2) is 34.3 Å². The zero-order valence-corrected chi connectivity index (χ0v) is 19.5. The quantitative estimate of drug-likeness (QED) is 0.306. The number of aromatic carboxylic acids is 1. The Morgan fingerprint density at radius 1 is 1.09 bits per heavy atom. The van der Waals surface area contributed by atoms with E-state index in [1.807, 2.05) is 12.3 Å². The van der Waals surface area contributed by atoms with Gasteiger partial charge < -0.3 is 14.4 Å². The highest BCUT2D eigenvalue weighted by Crippen LogP contribution is 2.40. The van der Waals surface area contributed by atoms with Crippen molar-refractivity contribution < 1.29 is 14.6 Å². The van der Waals surface area contributed by atoms with Crippen LogP contribution < -0.4 is 0 Å². The summed E-state index contributed by atoms with van der Waals surface area (Å²) in [4.78, 5) is 16.4. The van der Waals surface area contributed by atoms with E-state index >= 15 is 0 Å². The number of hydrogen-bond donors (Lipinski definition) is 1. The summed E-state index contributed by atoms with van der Waals surface area (Å²) in [5.74, 6) is -0.413. The number of ether oxygens (including phenoxy) is 1. The lowest BCUT2D eigenvalue weighted by atomic mass is 10.0. The Hall–Kier alpha value is -3.44. The smallest absolute Gasteiger partial charge is 0.337 e. The standard InChI is InChI=1S/C29H30N2O3/c1-34-13-3-6-20-4-2-5-22(14-20)19-31-12-11-24-15-21(7-10-28(24)31)16-27-26(29(32)33)17-25(18-30-27)23-8-9-23/h2,4-5,7,10-12,14-15,17-18,23H,3,6,8-9,13,16,19H2,1H3,(H,32,33). The molecule has 0 spiro atoms. The molecule has 174 valence electrons. The number of carboxylic acid groups (broad SMARTS) is 1. The molecule has 4 aromatic rings. The number of methoxy groups -OCH3 is 1. The molecule has 0 atom stereocenters. The number of hydrogen-bond acceptors (Lipinski definition) is 3. The zero-order valence-electron chi connectivity index (χ0n) is 19.5. The third-order valence-corrected chi connectivity index (χ3v) is 6.64. The van der Waals surface area contributed by atoms with Gasteiger partial charge in [-0.3, -0.25) is 4.98 Å². The van der Waals surface area contributed by atoms with Gasteiger partial charge in [0.2, 0.25) is 0 Å². The number of rotatable bonds is 10. The van der Waals surface area contributed by atoms with Gasteiger partial charge in [0, 0.05) is 44.6 Å². The molecule has 1 aliphatic rings. The summed E-state index contributed by atoms with van der Waals surface area (Å²) in [5, 5.41) is 10.9.